The second-order valence-electron chi connectivity index (χ2n) is 7.19. The van der Waals surface area contributed by atoms with E-state index < -0.39 is 0 Å². The van der Waals surface area contributed by atoms with Gasteiger partial charge in [0.1, 0.15) is 6.33 Å². The van der Waals surface area contributed by atoms with Gasteiger partial charge in [0.05, 0.1) is 31.4 Å². The summed E-state index contributed by atoms with van der Waals surface area (Å²) in [5.74, 6) is 0.751. The van der Waals surface area contributed by atoms with Gasteiger partial charge < -0.3 is 24.3 Å². The minimum absolute atomic E-state index is 0.00902. The van der Waals surface area contributed by atoms with Crippen LogP contribution in [0.5, 0.6) is 0 Å². The molecule has 0 radical (unpaired) electrons. The van der Waals surface area contributed by atoms with Crippen molar-refractivity contribution in [3.63, 3.8) is 0 Å². The molecule has 1 unspecified atom stereocenters. The van der Waals surface area contributed by atoms with Gasteiger partial charge in [-0.2, -0.15) is 0 Å². The summed E-state index contributed by atoms with van der Waals surface area (Å²) in [5.41, 5.74) is 0.00902. The lowest BCUT2D eigenvalue weighted by Gasteiger charge is -2.32. The molecule has 1 aromatic rings. The lowest BCUT2D eigenvalue weighted by atomic mass is 9.82. The molecule has 1 N–H and O–H groups in total. The average Bonchev–Trinajstić information content (AvgIpc) is 3.21. The zero-order valence-corrected chi connectivity index (χ0v) is 15.2. The molecule has 1 saturated carbocycles. The zero-order valence-electron chi connectivity index (χ0n) is 15.2. The first kappa shape index (κ1) is 18.1. The molecule has 8 nitrogen and oxygen atoms in total. The van der Waals surface area contributed by atoms with E-state index in [2.05, 4.69) is 15.5 Å². The lowest BCUT2D eigenvalue weighted by Crippen LogP contribution is -2.44. The van der Waals surface area contributed by atoms with Crippen LogP contribution in [0.2, 0.25) is 0 Å². The van der Waals surface area contributed by atoms with Gasteiger partial charge in [0, 0.05) is 20.7 Å². The van der Waals surface area contributed by atoms with E-state index in [1.54, 1.807) is 25.4 Å². The fourth-order valence-electron chi connectivity index (χ4n) is 3.83. The van der Waals surface area contributed by atoms with Gasteiger partial charge in [-0.15, -0.1) is 10.2 Å². The highest BCUT2D eigenvalue weighted by Crippen LogP contribution is 2.39. The minimum atomic E-state index is -0.0947. The first-order valence-corrected chi connectivity index (χ1v) is 9.13. The Morgan fingerprint density at radius 1 is 1.48 bits per heavy atom. The summed E-state index contributed by atoms with van der Waals surface area (Å²) in [4.78, 5) is 14.1. The molecular formula is C17H29N5O3. The monoisotopic (exact) mass is 351 g/mol. The van der Waals surface area contributed by atoms with Crippen LogP contribution < -0.4 is 5.32 Å². The van der Waals surface area contributed by atoms with Crippen molar-refractivity contribution in [3.05, 3.63) is 12.2 Å². The smallest absolute Gasteiger partial charge is 0.317 e. The van der Waals surface area contributed by atoms with Crippen molar-refractivity contribution in [2.45, 2.75) is 63.3 Å². The predicted molar refractivity (Wildman–Crippen MR) is 92.1 cm³/mol. The standard InChI is InChI=1S/C17H29N5O3/c1-21(11-15-20-18-13-22(15)8-9-24-2)16(23)19-14-10-17(25-12-14)6-4-3-5-7-17/h13-14H,3-12H2,1-2H3,(H,19,23). The normalized spacial score (nSPS) is 22.2. The summed E-state index contributed by atoms with van der Waals surface area (Å²) in [6, 6.07) is 0.00200. The van der Waals surface area contributed by atoms with Gasteiger partial charge in [-0.1, -0.05) is 19.3 Å². The summed E-state index contributed by atoms with van der Waals surface area (Å²) in [5, 5.41) is 11.1. The fourth-order valence-corrected chi connectivity index (χ4v) is 3.83. The highest BCUT2D eigenvalue weighted by Gasteiger charge is 2.41. The Morgan fingerprint density at radius 3 is 3.04 bits per heavy atom. The number of methoxy groups -OCH3 is 1. The molecule has 0 aromatic carbocycles. The molecule has 1 aliphatic heterocycles. The van der Waals surface area contributed by atoms with Crippen LogP contribution in [0.1, 0.15) is 44.3 Å². The van der Waals surface area contributed by atoms with Gasteiger partial charge in [0.2, 0.25) is 0 Å². The zero-order chi connectivity index (χ0) is 17.7. The van der Waals surface area contributed by atoms with Crippen molar-refractivity contribution < 1.29 is 14.3 Å². The van der Waals surface area contributed by atoms with E-state index in [4.69, 9.17) is 9.47 Å². The Bertz CT molecular complexity index is 570. The van der Waals surface area contributed by atoms with Crippen LogP contribution >= 0.6 is 0 Å². The number of hydrogen-bond donors (Lipinski definition) is 1. The van der Waals surface area contributed by atoms with E-state index in [1.807, 2.05) is 4.57 Å². The molecule has 1 saturated heterocycles. The van der Waals surface area contributed by atoms with Gasteiger partial charge in [-0.05, 0) is 19.3 Å². The van der Waals surface area contributed by atoms with Crippen LogP contribution in [-0.4, -0.2) is 64.7 Å². The summed E-state index contributed by atoms with van der Waals surface area (Å²) in [6.07, 6.45) is 8.61. The maximum Gasteiger partial charge on any atom is 0.317 e. The third-order valence-electron chi connectivity index (χ3n) is 5.26. The second kappa shape index (κ2) is 8.14. The van der Waals surface area contributed by atoms with Gasteiger partial charge in [0.15, 0.2) is 5.82 Å². The first-order chi connectivity index (χ1) is 12.1. The number of carbonyl (C=O) groups excluding carboxylic acids is 1. The maximum atomic E-state index is 12.5. The number of aromatic nitrogens is 3. The first-order valence-electron chi connectivity index (χ1n) is 9.13. The molecule has 2 fully saturated rings. The molecule has 2 amide bonds. The number of rotatable bonds is 6. The van der Waals surface area contributed by atoms with E-state index in [1.165, 1.54) is 19.3 Å². The van der Waals surface area contributed by atoms with Crippen LogP contribution in [0.4, 0.5) is 4.79 Å². The van der Waals surface area contributed by atoms with E-state index in [0.717, 1.165) is 25.1 Å². The Labute approximate surface area is 148 Å². The van der Waals surface area contributed by atoms with Crippen molar-refractivity contribution in [2.24, 2.45) is 0 Å². The van der Waals surface area contributed by atoms with E-state index in [0.29, 0.717) is 26.3 Å². The quantitative estimate of drug-likeness (QED) is 0.841. The number of amides is 2. The van der Waals surface area contributed by atoms with E-state index in [-0.39, 0.29) is 17.7 Å². The second-order valence-corrected chi connectivity index (χ2v) is 7.19. The molecule has 0 bridgehead atoms. The molecule has 2 aliphatic rings. The SMILES string of the molecule is COCCn1cnnc1CN(C)C(=O)NC1COC2(CCCCC2)C1. The van der Waals surface area contributed by atoms with Crippen LogP contribution in [-0.2, 0) is 22.6 Å². The summed E-state index contributed by atoms with van der Waals surface area (Å²) in [7, 11) is 3.43. The molecule has 25 heavy (non-hydrogen) atoms. The average molecular weight is 351 g/mol. The van der Waals surface area contributed by atoms with Crippen LogP contribution in [0.15, 0.2) is 6.33 Å². The largest absolute Gasteiger partial charge is 0.383 e. The van der Waals surface area contributed by atoms with Gasteiger partial charge >= 0.3 is 6.03 Å². The lowest BCUT2D eigenvalue weighted by molar-refractivity contribution is -0.0246. The van der Waals surface area contributed by atoms with E-state index >= 15 is 0 Å². The Morgan fingerprint density at radius 2 is 2.28 bits per heavy atom. The molecule has 1 aliphatic carbocycles. The van der Waals surface area contributed by atoms with Crippen molar-refractivity contribution in [2.75, 3.05) is 27.4 Å². The highest BCUT2D eigenvalue weighted by atomic mass is 16.5. The van der Waals surface area contributed by atoms with Gasteiger partial charge in [0.25, 0.3) is 0 Å². The topological polar surface area (TPSA) is 81.5 Å². The molecule has 1 aromatic heterocycles. The molecule has 1 atom stereocenters. The maximum absolute atomic E-state index is 12.5. The molecular weight excluding hydrogens is 322 g/mol. The number of nitrogens with one attached hydrogen (secondary N) is 1. The van der Waals surface area contributed by atoms with Crippen molar-refractivity contribution in [1.29, 1.82) is 0 Å². The third kappa shape index (κ3) is 4.49. The van der Waals surface area contributed by atoms with Gasteiger partial charge in [-0.25, -0.2) is 4.79 Å². The predicted octanol–water partition coefficient (Wildman–Crippen LogP) is 1.56. The van der Waals surface area contributed by atoms with Crippen LogP contribution in [0, 0.1) is 0 Å². The van der Waals surface area contributed by atoms with Crippen LogP contribution in [0.3, 0.4) is 0 Å². The summed E-state index contributed by atoms with van der Waals surface area (Å²) < 4.78 is 13.1. The number of carbonyl (C=O) groups is 1. The van der Waals surface area contributed by atoms with Crippen molar-refractivity contribution in [3.8, 4) is 0 Å². The van der Waals surface area contributed by atoms with Crippen LogP contribution in [0.25, 0.3) is 0 Å². The molecule has 2 heterocycles. The molecule has 1 spiro atoms. The number of urea groups is 1. The number of hydrogen-bond acceptors (Lipinski definition) is 5. The number of nitrogens with zero attached hydrogens (tertiary/aromatic N) is 4. The molecule has 140 valence electrons. The highest BCUT2D eigenvalue weighted by molar-refractivity contribution is 5.74. The molecule has 8 heteroatoms. The summed E-state index contributed by atoms with van der Waals surface area (Å²) >= 11 is 0. The Balaban J connectivity index is 1.49. The Hall–Kier alpha value is -1.67. The fraction of sp³-hybridized carbons (Fsp3) is 0.824. The summed E-state index contributed by atoms with van der Waals surface area (Å²) in [6.45, 7) is 2.29. The molecule has 3 rings (SSSR count). The number of ether oxygens (including phenoxy) is 2. The Kier molecular flexibility index (Phi) is 5.90. The van der Waals surface area contributed by atoms with Gasteiger partial charge in [-0.3, -0.25) is 0 Å². The van der Waals surface area contributed by atoms with Crippen molar-refractivity contribution >= 4 is 6.03 Å². The van der Waals surface area contributed by atoms with Crippen molar-refractivity contribution in [1.82, 2.24) is 25.0 Å². The minimum Gasteiger partial charge on any atom is -0.383 e. The third-order valence-corrected chi connectivity index (χ3v) is 5.26. The van der Waals surface area contributed by atoms with E-state index in [9.17, 15) is 4.79 Å².